The van der Waals surface area contributed by atoms with E-state index < -0.39 is 21.3 Å². The van der Waals surface area contributed by atoms with Crippen LogP contribution in [0.15, 0.2) is 83.8 Å². The molecule has 0 aliphatic carbocycles. The van der Waals surface area contributed by atoms with Gasteiger partial charge in [-0.15, -0.1) is 0 Å². The summed E-state index contributed by atoms with van der Waals surface area (Å²) in [6, 6.07) is 22.4. The van der Waals surface area contributed by atoms with E-state index in [2.05, 4.69) is 5.32 Å². The van der Waals surface area contributed by atoms with Crippen molar-refractivity contribution in [2.45, 2.75) is 35.6 Å². The van der Waals surface area contributed by atoms with E-state index in [0.717, 1.165) is 11.1 Å². The number of ketones is 1. The fourth-order valence-corrected chi connectivity index (χ4v) is 6.18. The van der Waals surface area contributed by atoms with E-state index in [1.807, 2.05) is 60.7 Å². The average molecular weight is 565 g/mol. The van der Waals surface area contributed by atoms with E-state index in [0.29, 0.717) is 38.3 Å². The minimum absolute atomic E-state index is 0.00908. The zero-order chi connectivity index (χ0) is 28.5. The molecule has 212 valence electrons. The van der Waals surface area contributed by atoms with Gasteiger partial charge in [0, 0.05) is 31.6 Å². The van der Waals surface area contributed by atoms with Crippen LogP contribution in [0, 0.1) is 0 Å². The molecule has 40 heavy (non-hydrogen) atoms. The van der Waals surface area contributed by atoms with Gasteiger partial charge in [0.15, 0.2) is 15.6 Å². The third-order valence-corrected chi connectivity index (χ3v) is 9.02. The molecule has 0 aromatic heterocycles. The van der Waals surface area contributed by atoms with Gasteiger partial charge in [-0.1, -0.05) is 72.8 Å². The fourth-order valence-electron chi connectivity index (χ4n) is 4.78. The number of nitrogens with zero attached hydrogens (tertiary/aromatic N) is 1. The molecule has 9 nitrogen and oxygen atoms in total. The molecule has 1 aliphatic heterocycles. The van der Waals surface area contributed by atoms with Crippen molar-refractivity contribution in [3.63, 3.8) is 0 Å². The highest BCUT2D eigenvalue weighted by Crippen LogP contribution is 2.26. The van der Waals surface area contributed by atoms with Crippen LogP contribution >= 0.6 is 0 Å². The van der Waals surface area contributed by atoms with Gasteiger partial charge in [0.1, 0.15) is 5.37 Å². The Labute approximate surface area is 235 Å². The summed E-state index contributed by atoms with van der Waals surface area (Å²) < 4.78 is 32.2. The Hall–Kier alpha value is -3.57. The Morgan fingerprint density at radius 2 is 1.50 bits per heavy atom. The van der Waals surface area contributed by atoms with Crippen LogP contribution in [0.25, 0.3) is 0 Å². The highest BCUT2D eigenvalue weighted by atomic mass is 32.2. The predicted molar refractivity (Wildman–Crippen MR) is 154 cm³/mol. The molecule has 2 amide bonds. The number of carbonyl (C=O) groups is 2. The van der Waals surface area contributed by atoms with Crippen LogP contribution < -0.4 is 16.8 Å². The molecule has 0 bridgehead atoms. The van der Waals surface area contributed by atoms with E-state index in [-0.39, 0.29) is 41.7 Å². The van der Waals surface area contributed by atoms with Gasteiger partial charge in [0.25, 0.3) is 0 Å². The van der Waals surface area contributed by atoms with E-state index in [4.69, 9.17) is 16.2 Å². The van der Waals surface area contributed by atoms with E-state index in [9.17, 15) is 18.0 Å². The largest absolute Gasteiger partial charge is 0.378 e. The summed E-state index contributed by atoms with van der Waals surface area (Å²) in [5.74, 6) is -0.369. The average Bonchev–Trinajstić information content (AvgIpc) is 3.00. The van der Waals surface area contributed by atoms with Crippen LogP contribution in [0.5, 0.6) is 0 Å². The number of sulfone groups is 1. The van der Waals surface area contributed by atoms with E-state index in [1.54, 1.807) is 17.0 Å². The number of rotatable bonds is 11. The van der Waals surface area contributed by atoms with Gasteiger partial charge in [-0.25, -0.2) is 13.2 Å². The number of hydrogen-bond donors (Lipinski definition) is 3. The molecule has 10 heteroatoms. The van der Waals surface area contributed by atoms with Gasteiger partial charge in [-0.05, 0) is 35.6 Å². The highest BCUT2D eigenvalue weighted by Gasteiger charge is 2.31. The summed E-state index contributed by atoms with van der Waals surface area (Å²) in [5.41, 5.74) is 14.0. The molecule has 4 rings (SSSR count). The van der Waals surface area contributed by atoms with Crippen molar-refractivity contribution in [1.82, 2.24) is 10.2 Å². The molecular formula is C30H36N4O5S. The molecule has 1 aliphatic rings. The van der Waals surface area contributed by atoms with Gasteiger partial charge in [0.2, 0.25) is 0 Å². The number of amides is 2. The molecule has 2 atom stereocenters. The predicted octanol–water partition coefficient (Wildman–Crippen LogP) is 2.32. The first-order chi connectivity index (χ1) is 19.3. The third-order valence-electron chi connectivity index (χ3n) is 7.04. The maximum absolute atomic E-state index is 14.2. The number of carbonyl (C=O) groups excluding carboxylic acids is 2. The minimum Gasteiger partial charge on any atom is -0.378 e. The van der Waals surface area contributed by atoms with Crippen molar-refractivity contribution < 1.29 is 22.7 Å². The summed E-state index contributed by atoms with van der Waals surface area (Å²) in [7, 11) is -4.01. The van der Waals surface area contributed by atoms with Crippen molar-refractivity contribution >= 4 is 21.7 Å². The van der Waals surface area contributed by atoms with Crippen molar-refractivity contribution in [3.8, 4) is 0 Å². The first-order valence-electron chi connectivity index (χ1n) is 13.4. The molecule has 5 N–H and O–H groups in total. The van der Waals surface area contributed by atoms with Crippen LogP contribution in [0.1, 0.15) is 27.0 Å². The molecular weight excluding hydrogens is 528 g/mol. The SMILES string of the molecule is NCC(N)S(=O)(=O)c1cccc(C(=O)C(Cc2ccccc2)NC(=O)N2CCOCC2)c1CCc1ccccc1. The molecule has 1 fully saturated rings. The molecule has 0 saturated carbocycles. The van der Waals surface area contributed by atoms with Crippen molar-refractivity contribution in [1.29, 1.82) is 0 Å². The summed E-state index contributed by atoms with van der Waals surface area (Å²) in [4.78, 5) is 29.0. The van der Waals surface area contributed by atoms with Crippen LogP contribution in [-0.2, 0) is 33.8 Å². The maximum atomic E-state index is 14.2. The molecule has 3 aromatic carbocycles. The Morgan fingerprint density at radius 3 is 2.12 bits per heavy atom. The summed E-state index contributed by atoms with van der Waals surface area (Å²) >= 11 is 0. The molecule has 0 spiro atoms. The van der Waals surface area contributed by atoms with Crippen LogP contribution in [0.4, 0.5) is 4.79 Å². The van der Waals surface area contributed by atoms with Gasteiger partial charge in [0.05, 0.1) is 24.2 Å². The Morgan fingerprint density at radius 1 is 0.875 bits per heavy atom. The van der Waals surface area contributed by atoms with Gasteiger partial charge < -0.3 is 26.4 Å². The quantitative estimate of drug-likeness (QED) is 0.303. The zero-order valence-electron chi connectivity index (χ0n) is 22.4. The number of aryl methyl sites for hydroxylation is 1. The minimum atomic E-state index is -4.01. The normalized spacial score (nSPS) is 15.3. The summed E-state index contributed by atoms with van der Waals surface area (Å²) in [6.07, 6.45) is 1.04. The van der Waals surface area contributed by atoms with Crippen LogP contribution in [0.2, 0.25) is 0 Å². The second kappa shape index (κ2) is 13.7. The lowest BCUT2D eigenvalue weighted by Gasteiger charge is -2.29. The van der Waals surface area contributed by atoms with Gasteiger partial charge >= 0.3 is 6.03 Å². The second-order valence-electron chi connectivity index (χ2n) is 9.74. The lowest BCUT2D eigenvalue weighted by Crippen LogP contribution is -2.52. The van der Waals surface area contributed by atoms with Crippen molar-refractivity contribution in [3.05, 3.63) is 101 Å². The first kappa shape index (κ1) is 29.4. The number of Topliss-reactive ketones (excluding diaryl/α,β-unsaturated/α-hetero) is 1. The fraction of sp³-hybridized carbons (Fsp3) is 0.333. The highest BCUT2D eigenvalue weighted by molar-refractivity contribution is 7.92. The second-order valence-corrected chi connectivity index (χ2v) is 11.9. The zero-order valence-corrected chi connectivity index (χ0v) is 23.2. The standard InChI is InChI=1S/C30H36N4O5S/c31-21-28(32)40(37,38)27-13-7-12-25(24(27)15-14-22-8-3-1-4-9-22)29(35)26(20-23-10-5-2-6-11-23)33-30(36)34-16-18-39-19-17-34/h1-13,26,28H,14-21,31-32H2,(H,33,36). The molecule has 1 saturated heterocycles. The number of morpholine rings is 1. The lowest BCUT2D eigenvalue weighted by molar-refractivity contribution is 0.0522. The Kier molecular flexibility index (Phi) is 10.1. The molecule has 2 unspecified atom stereocenters. The summed E-state index contributed by atoms with van der Waals surface area (Å²) in [5, 5.41) is 1.60. The number of urea groups is 1. The third kappa shape index (κ3) is 7.14. The van der Waals surface area contributed by atoms with Crippen molar-refractivity contribution in [2.24, 2.45) is 11.5 Å². The monoisotopic (exact) mass is 564 g/mol. The van der Waals surface area contributed by atoms with Crippen LogP contribution in [0.3, 0.4) is 0 Å². The Balaban J connectivity index is 1.73. The number of nitrogens with one attached hydrogen (secondary N) is 1. The molecule has 3 aromatic rings. The van der Waals surface area contributed by atoms with Crippen LogP contribution in [-0.4, -0.2) is 69.4 Å². The van der Waals surface area contributed by atoms with Crippen molar-refractivity contribution in [2.75, 3.05) is 32.8 Å². The smallest absolute Gasteiger partial charge is 0.318 e. The van der Waals surface area contributed by atoms with E-state index >= 15 is 0 Å². The molecule has 0 radical (unpaired) electrons. The number of benzene rings is 3. The van der Waals surface area contributed by atoms with Gasteiger partial charge in [-0.2, -0.15) is 0 Å². The first-order valence-corrected chi connectivity index (χ1v) is 14.9. The number of hydrogen-bond acceptors (Lipinski definition) is 7. The summed E-state index contributed by atoms with van der Waals surface area (Å²) in [6.45, 7) is 1.44. The number of nitrogens with two attached hydrogens (primary N) is 2. The number of ether oxygens (including phenoxy) is 1. The van der Waals surface area contributed by atoms with E-state index in [1.165, 1.54) is 6.07 Å². The molecule has 1 heterocycles. The van der Waals surface area contributed by atoms with Gasteiger partial charge in [-0.3, -0.25) is 4.79 Å². The Bertz CT molecular complexity index is 1390. The topological polar surface area (TPSA) is 145 Å². The maximum Gasteiger partial charge on any atom is 0.318 e. The lowest BCUT2D eigenvalue weighted by atomic mass is 9.92.